The van der Waals surface area contributed by atoms with Gasteiger partial charge in [0, 0.05) is 19.0 Å². The number of likely N-dealkylation sites (tertiary alicyclic amines) is 1. The molecule has 0 unspecified atom stereocenters. The molecule has 0 aliphatic carbocycles. The summed E-state index contributed by atoms with van der Waals surface area (Å²) in [6.07, 6.45) is 1.31. The average Bonchev–Trinajstić information content (AvgIpc) is 2.77. The van der Waals surface area contributed by atoms with Crippen LogP contribution >= 0.6 is 0 Å². The molecule has 0 aromatic heterocycles. The van der Waals surface area contributed by atoms with Crippen molar-refractivity contribution in [2.45, 2.75) is 25.8 Å². The number of aliphatic carboxylic acids is 1. The summed E-state index contributed by atoms with van der Waals surface area (Å²) in [5, 5.41) is 8.80. The minimum atomic E-state index is -0.677. The lowest BCUT2D eigenvalue weighted by Gasteiger charge is -2.24. The topological polar surface area (TPSA) is 40.5 Å². The summed E-state index contributed by atoms with van der Waals surface area (Å²) in [5.74, 6) is -0.358. The van der Waals surface area contributed by atoms with E-state index in [2.05, 4.69) is 36.1 Å². The predicted octanol–water partition coefficient (Wildman–Crippen LogP) is 2.54. The Labute approximate surface area is 102 Å². The third kappa shape index (κ3) is 3.07. The number of nitrogens with zero attached hydrogens (tertiary/aromatic N) is 1. The van der Waals surface area contributed by atoms with Crippen molar-refractivity contribution in [1.29, 1.82) is 0 Å². The summed E-state index contributed by atoms with van der Waals surface area (Å²) in [5.41, 5.74) is 1.31. The Balaban J connectivity index is 1.94. The number of hydrogen-bond acceptors (Lipinski definition) is 2. The molecule has 1 saturated heterocycles. The van der Waals surface area contributed by atoms with E-state index in [9.17, 15) is 4.79 Å². The highest BCUT2D eigenvalue weighted by Crippen LogP contribution is 2.28. The van der Waals surface area contributed by atoms with Gasteiger partial charge in [0.2, 0.25) is 0 Å². The highest BCUT2D eigenvalue weighted by atomic mass is 16.4. The van der Waals surface area contributed by atoms with Crippen molar-refractivity contribution >= 4 is 5.97 Å². The maximum atomic E-state index is 10.7. The second-order valence-corrected chi connectivity index (χ2v) is 4.83. The molecular formula is C14H19NO2. The van der Waals surface area contributed by atoms with Crippen LogP contribution < -0.4 is 0 Å². The molecule has 1 aliphatic rings. The molecule has 0 spiro atoms. The van der Waals surface area contributed by atoms with Gasteiger partial charge in [0.15, 0.2) is 0 Å². The molecule has 1 fully saturated rings. The van der Waals surface area contributed by atoms with Crippen LogP contribution in [0.25, 0.3) is 0 Å². The van der Waals surface area contributed by atoms with E-state index in [0.717, 1.165) is 19.5 Å². The van der Waals surface area contributed by atoms with Crippen LogP contribution in [0.4, 0.5) is 0 Å². The highest BCUT2D eigenvalue weighted by molar-refractivity contribution is 5.67. The maximum Gasteiger partial charge on any atom is 0.303 e. The zero-order chi connectivity index (χ0) is 12.3. The third-order valence-corrected chi connectivity index (χ3v) is 3.61. The molecule has 1 N–H and O–H groups in total. The Morgan fingerprint density at radius 2 is 2.18 bits per heavy atom. The van der Waals surface area contributed by atoms with E-state index in [1.54, 1.807) is 0 Å². The molecule has 0 saturated carbocycles. The summed E-state index contributed by atoms with van der Waals surface area (Å²) in [6, 6.07) is 10.8. The molecule has 1 aromatic carbocycles. The fourth-order valence-corrected chi connectivity index (χ4v) is 2.57. The van der Waals surface area contributed by atoms with Gasteiger partial charge in [-0.1, -0.05) is 30.3 Å². The van der Waals surface area contributed by atoms with Crippen molar-refractivity contribution in [3.8, 4) is 0 Å². The van der Waals surface area contributed by atoms with E-state index in [0.29, 0.717) is 18.4 Å². The minimum absolute atomic E-state index is 0.304. The molecule has 3 heteroatoms. The van der Waals surface area contributed by atoms with E-state index >= 15 is 0 Å². The fraction of sp³-hybridized carbons (Fsp3) is 0.500. The number of benzene rings is 1. The highest BCUT2D eigenvalue weighted by Gasteiger charge is 2.27. The molecule has 2 atom stereocenters. The summed E-state index contributed by atoms with van der Waals surface area (Å²) in [4.78, 5) is 13.1. The number of carbonyl (C=O) groups is 1. The molecule has 0 radical (unpaired) electrons. The number of carboxylic acid groups (broad SMARTS) is 1. The molecule has 92 valence electrons. The Morgan fingerprint density at radius 3 is 2.82 bits per heavy atom. The second kappa shape index (κ2) is 5.32. The number of carboxylic acids is 1. The van der Waals surface area contributed by atoms with Gasteiger partial charge in [-0.05, 0) is 31.4 Å². The first-order valence-electron chi connectivity index (χ1n) is 6.17. The molecule has 0 bridgehead atoms. The molecule has 3 nitrogen and oxygen atoms in total. The second-order valence-electron chi connectivity index (χ2n) is 4.83. The number of rotatable bonds is 4. The number of hydrogen-bond donors (Lipinski definition) is 1. The first kappa shape index (κ1) is 12.1. The van der Waals surface area contributed by atoms with Gasteiger partial charge in [0.25, 0.3) is 0 Å². The van der Waals surface area contributed by atoms with Crippen LogP contribution in [0.3, 0.4) is 0 Å². The maximum absolute atomic E-state index is 10.7. The van der Waals surface area contributed by atoms with Gasteiger partial charge in [0.1, 0.15) is 0 Å². The smallest absolute Gasteiger partial charge is 0.303 e. The molecule has 1 aliphatic heterocycles. The first-order valence-corrected chi connectivity index (χ1v) is 6.17. The van der Waals surface area contributed by atoms with E-state index in [-0.39, 0.29) is 0 Å². The van der Waals surface area contributed by atoms with E-state index in [1.807, 2.05) is 6.07 Å². The zero-order valence-electron chi connectivity index (χ0n) is 10.2. The summed E-state index contributed by atoms with van der Waals surface area (Å²) in [6.45, 7) is 4.11. The molecule has 2 rings (SSSR count). The monoisotopic (exact) mass is 233 g/mol. The minimum Gasteiger partial charge on any atom is -0.481 e. The van der Waals surface area contributed by atoms with Crippen LogP contribution in [-0.4, -0.2) is 29.1 Å². The SMILES string of the molecule is C[C@@H](c1ccccc1)N1CC[C@H](CC(=O)O)C1. The zero-order valence-corrected chi connectivity index (χ0v) is 10.2. The molecular weight excluding hydrogens is 214 g/mol. The van der Waals surface area contributed by atoms with Crippen molar-refractivity contribution in [1.82, 2.24) is 4.90 Å². The van der Waals surface area contributed by atoms with Gasteiger partial charge in [0.05, 0.1) is 0 Å². The molecule has 0 amide bonds. The summed E-state index contributed by atoms with van der Waals surface area (Å²) in [7, 11) is 0. The quantitative estimate of drug-likeness (QED) is 0.868. The summed E-state index contributed by atoms with van der Waals surface area (Å²) < 4.78 is 0. The van der Waals surface area contributed by atoms with E-state index < -0.39 is 5.97 Å². The van der Waals surface area contributed by atoms with Gasteiger partial charge in [-0.3, -0.25) is 9.69 Å². The average molecular weight is 233 g/mol. The lowest BCUT2D eigenvalue weighted by Crippen LogP contribution is -2.24. The molecule has 1 heterocycles. The standard InChI is InChI=1S/C14H19NO2/c1-11(13-5-3-2-4-6-13)15-8-7-12(10-15)9-14(16)17/h2-6,11-12H,7-10H2,1H3,(H,16,17)/t11-,12+/m0/s1. The van der Waals surface area contributed by atoms with Gasteiger partial charge in [-0.2, -0.15) is 0 Å². The Kier molecular flexibility index (Phi) is 3.79. The normalized spacial score (nSPS) is 22.5. The Hall–Kier alpha value is -1.35. The largest absolute Gasteiger partial charge is 0.481 e. The van der Waals surface area contributed by atoms with Crippen LogP contribution in [-0.2, 0) is 4.79 Å². The van der Waals surface area contributed by atoms with Crippen molar-refractivity contribution in [3.63, 3.8) is 0 Å². The van der Waals surface area contributed by atoms with Gasteiger partial charge < -0.3 is 5.11 Å². The Bertz CT molecular complexity index is 377. The first-order chi connectivity index (χ1) is 8.16. The van der Waals surface area contributed by atoms with Crippen molar-refractivity contribution < 1.29 is 9.90 Å². The van der Waals surface area contributed by atoms with E-state index in [1.165, 1.54) is 5.56 Å². The fourth-order valence-electron chi connectivity index (χ4n) is 2.57. The van der Waals surface area contributed by atoms with Gasteiger partial charge in [-0.15, -0.1) is 0 Å². The van der Waals surface area contributed by atoms with Crippen LogP contribution in [0, 0.1) is 5.92 Å². The van der Waals surface area contributed by atoms with Gasteiger partial charge in [-0.25, -0.2) is 0 Å². The lowest BCUT2D eigenvalue weighted by atomic mass is 10.1. The van der Waals surface area contributed by atoms with Crippen LogP contribution in [0.2, 0.25) is 0 Å². The van der Waals surface area contributed by atoms with Crippen LogP contribution in [0.15, 0.2) is 30.3 Å². The predicted molar refractivity (Wildman–Crippen MR) is 66.8 cm³/mol. The van der Waals surface area contributed by atoms with E-state index in [4.69, 9.17) is 5.11 Å². The van der Waals surface area contributed by atoms with Crippen molar-refractivity contribution in [3.05, 3.63) is 35.9 Å². The van der Waals surface area contributed by atoms with Crippen molar-refractivity contribution in [2.75, 3.05) is 13.1 Å². The molecule has 17 heavy (non-hydrogen) atoms. The van der Waals surface area contributed by atoms with Gasteiger partial charge >= 0.3 is 5.97 Å². The Morgan fingerprint density at radius 1 is 1.47 bits per heavy atom. The third-order valence-electron chi connectivity index (χ3n) is 3.61. The molecule has 1 aromatic rings. The van der Waals surface area contributed by atoms with Crippen molar-refractivity contribution in [2.24, 2.45) is 5.92 Å². The lowest BCUT2D eigenvalue weighted by molar-refractivity contribution is -0.138. The van der Waals surface area contributed by atoms with Crippen LogP contribution in [0.5, 0.6) is 0 Å². The van der Waals surface area contributed by atoms with Crippen LogP contribution in [0.1, 0.15) is 31.4 Å². The summed E-state index contributed by atoms with van der Waals surface area (Å²) >= 11 is 0.